The van der Waals surface area contributed by atoms with E-state index < -0.39 is 11.9 Å². The molecule has 6 heteroatoms. The fourth-order valence-electron chi connectivity index (χ4n) is 3.60. The molecule has 0 N–H and O–H groups in total. The second kappa shape index (κ2) is 7.54. The molecule has 0 fully saturated rings. The average Bonchev–Trinajstić information content (AvgIpc) is 2.68. The summed E-state index contributed by atoms with van der Waals surface area (Å²) in [6.07, 6.45) is 2.50. The van der Waals surface area contributed by atoms with Gasteiger partial charge in [-0.2, -0.15) is 4.99 Å². The minimum atomic E-state index is -0.583. The minimum absolute atomic E-state index is 0.128. The lowest BCUT2D eigenvalue weighted by molar-refractivity contribution is -0.114. The van der Waals surface area contributed by atoms with Crippen LogP contribution in [0.1, 0.15) is 36.8 Å². The number of halogens is 1. The van der Waals surface area contributed by atoms with E-state index >= 15 is 0 Å². The Hall–Kier alpha value is -3.41. The van der Waals surface area contributed by atoms with Crippen molar-refractivity contribution in [3.8, 4) is 0 Å². The van der Waals surface area contributed by atoms with Gasteiger partial charge in [-0.15, -0.1) is 0 Å². The van der Waals surface area contributed by atoms with Crippen LogP contribution in [0.4, 0.5) is 14.9 Å². The zero-order valence-electron chi connectivity index (χ0n) is 16.2. The summed E-state index contributed by atoms with van der Waals surface area (Å²) in [5.41, 5.74) is 4.11. The molecule has 1 atom stereocenters. The number of benzene rings is 2. The van der Waals surface area contributed by atoms with Crippen LogP contribution < -0.4 is 4.90 Å². The summed E-state index contributed by atoms with van der Waals surface area (Å²) in [5, 5.41) is 0. The van der Waals surface area contributed by atoms with Crippen molar-refractivity contribution in [2.45, 2.75) is 32.6 Å². The van der Waals surface area contributed by atoms with Crippen LogP contribution in [0, 0.1) is 12.7 Å². The van der Waals surface area contributed by atoms with Gasteiger partial charge in [0.2, 0.25) is 0 Å². The molecule has 0 saturated carbocycles. The highest BCUT2D eigenvalue weighted by atomic mass is 19.1. The Morgan fingerprint density at radius 2 is 1.90 bits per heavy atom. The van der Waals surface area contributed by atoms with Crippen molar-refractivity contribution in [1.29, 1.82) is 0 Å². The maximum absolute atomic E-state index is 13.1. The third kappa shape index (κ3) is 3.78. The minimum Gasteiger partial charge on any atom is -0.268 e. The smallest absolute Gasteiger partial charge is 0.268 e. The number of carbonyl (C=O) groups excluding carboxylic acids is 2. The van der Waals surface area contributed by atoms with Gasteiger partial charge in [-0.25, -0.2) is 14.1 Å². The maximum Gasteiger partial charge on any atom is 0.355 e. The molecule has 5 nitrogen and oxygen atoms in total. The van der Waals surface area contributed by atoms with Gasteiger partial charge < -0.3 is 0 Å². The average molecular weight is 389 g/mol. The predicted octanol–water partition coefficient (Wildman–Crippen LogP) is 4.96. The number of hydrogen-bond acceptors (Lipinski definition) is 3. The number of nitrogens with zero attached hydrogens (tertiary/aromatic N) is 3. The molecule has 0 aliphatic carbocycles. The summed E-state index contributed by atoms with van der Waals surface area (Å²) in [6, 6.07) is 13.0. The van der Waals surface area contributed by atoms with E-state index in [-0.39, 0.29) is 11.7 Å². The Kier molecular flexibility index (Phi) is 4.92. The van der Waals surface area contributed by atoms with E-state index in [1.165, 1.54) is 18.3 Å². The Morgan fingerprint density at radius 3 is 2.62 bits per heavy atom. The number of hydrogen-bond donors (Lipinski definition) is 0. The van der Waals surface area contributed by atoms with Gasteiger partial charge in [-0.05, 0) is 54.7 Å². The van der Waals surface area contributed by atoms with Crippen molar-refractivity contribution in [1.82, 2.24) is 0 Å². The summed E-state index contributed by atoms with van der Waals surface area (Å²) in [6.45, 7) is 3.93. The molecule has 0 bridgehead atoms. The van der Waals surface area contributed by atoms with Crippen molar-refractivity contribution in [2.75, 3.05) is 4.90 Å². The zero-order chi connectivity index (χ0) is 20.5. The molecular formula is C23H20FN3O2. The maximum atomic E-state index is 13.1. The van der Waals surface area contributed by atoms with Gasteiger partial charge in [-0.1, -0.05) is 31.2 Å². The van der Waals surface area contributed by atoms with Crippen molar-refractivity contribution in [3.05, 3.63) is 77.2 Å². The highest BCUT2D eigenvalue weighted by Gasteiger charge is 2.35. The van der Waals surface area contributed by atoms with Crippen LogP contribution in [-0.4, -0.2) is 23.4 Å². The van der Waals surface area contributed by atoms with Crippen LogP contribution in [0.5, 0.6) is 0 Å². The van der Waals surface area contributed by atoms with E-state index in [4.69, 9.17) is 0 Å². The third-order valence-electron chi connectivity index (χ3n) is 5.15. The Balaban J connectivity index is 1.57. The number of aryl methyl sites for hydroxylation is 1. The number of aliphatic imine (C=N–C) groups is 2. The molecule has 2 aromatic carbocycles. The Morgan fingerprint density at radius 1 is 1.14 bits per heavy atom. The third-order valence-corrected chi connectivity index (χ3v) is 5.15. The first-order chi connectivity index (χ1) is 13.9. The summed E-state index contributed by atoms with van der Waals surface area (Å²) in [7, 11) is 0. The number of rotatable bonds is 4. The van der Waals surface area contributed by atoms with E-state index in [9.17, 15) is 14.0 Å². The molecule has 0 aromatic heterocycles. The topological polar surface area (TPSA) is 62.1 Å². The Bertz CT molecular complexity index is 1080. The molecule has 3 amide bonds. The van der Waals surface area contributed by atoms with Crippen molar-refractivity contribution < 1.29 is 14.0 Å². The van der Waals surface area contributed by atoms with Crippen molar-refractivity contribution in [2.24, 2.45) is 9.98 Å². The van der Waals surface area contributed by atoms with Crippen LogP contribution in [0.15, 0.2) is 70.3 Å². The number of carbonyl (C=O) groups is 2. The van der Waals surface area contributed by atoms with Crippen LogP contribution in [0.3, 0.4) is 0 Å². The first kappa shape index (κ1) is 18.9. The van der Waals surface area contributed by atoms with Crippen LogP contribution >= 0.6 is 0 Å². The van der Waals surface area contributed by atoms with Crippen LogP contribution in [0.25, 0.3) is 0 Å². The lowest BCUT2D eigenvalue weighted by atomic mass is 9.91. The molecule has 2 aliphatic rings. The lowest BCUT2D eigenvalue weighted by Crippen LogP contribution is -2.43. The van der Waals surface area contributed by atoms with Gasteiger partial charge in [0.25, 0.3) is 5.91 Å². The lowest BCUT2D eigenvalue weighted by Gasteiger charge is -2.27. The van der Waals surface area contributed by atoms with Gasteiger partial charge in [-0.3, -0.25) is 9.79 Å². The molecule has 2 heterocycles. The molecule has 146 valence electrons. The SMILES string of the molecule is Cc1cccc(N2C(=O)N=C3CC(CC(C)c4ccc(F)cc4)=NC=C3C2=O)c1. The predicted molar refractivity (Wildman–Crippen MR) is 111 cm³/mol. The van der Waals surface area contributed by atoms with E-state index in [1.807, 2.05) is 19.9 Å². The molecule has 4 rings (SSSR count). The number of urea groups is 1. The molecule has 2 aromatic rings. The fourth-order valence-corrected chi connectivity index (χ4v) is 3.60. The molecule has 0 saturated heterocycles. The summed E-state index contributed by atoms with van der Waals surface area (Å²) in [4.78, 5) is 35.2. The van der Waals surface area contributed by atoms with Gasteiger partial charge in [0.15, 0.2) is 0 Å². The second-order valence-electron chi connectivity index (χ2n) is 7.39. The van der Waals surface area contributed by atoms with E-state index in [0.717, 1.165) is 21.7 Å². The van der Waals surface area contributed by atoms with Crippen molar-refractivity contribution >= 4 is 29.0 Å². The summed E-state index contributed by atoms with van der Waals surface area (Å²) in [5.74, 6) is -0.543. The van der Waals surface area contributed by atoms with Gasteiger partial charge >= 0.3 is 6.03 Å². The largest absolute Gasteiger partial charge is 0.355 e. The Labute approximate surface area is 168 Å². The quantitative estimate of drug-likeness (QED) is 0.742. The monoisotopic (exact) mass is 389 g/mol. The van der Waals surface area contributed by atoms with Crippen LogP contribution in [-0.2, 0) is 4.79 Å². The number of fused-ring (bicyclic) bond motifs is 1. The van der Waals surface area contributed by atoms with Crippen LogP contribution in [0.2, 0.25) is 0 Å². The van der Waals surface area contributed by atoms with E-state index in [2.05, 4.69) is 9.98 Å². The number of anilines is 1. The standard InChI is InChI=1S/C23H20FN3O2/c1-14-4-3-5-19(10-14)27-22(28)20-13-25-18(12-21(20)26-23(27)29)11-15(2)16-6-8-17(24)9-7-16/h3-10,13,15H,11-12H2,1-2H3. The van der Waals surface area contributed by atoms with Gasteiger partial charge in [0.05, 0.1) is 17.0 Å². The number of imide groups is 1. The summed E-state index contributed by atoms with van der Waals surface area (Å²) >= 11 is 0. The second-order valence-corrected chi connectivity index (χ2v) is 7.39. The normalized spacial score (nSPS) is 17.3. The van der Waals surface area contributed by atoms with E-state index in [0.29, 0.717) is 29.8 Å². The highest BCUT2D eigenvalue weighted by molar-refractivity contribution is 6.40. The first-order valence-corrected chi connectivity index (χ1v) is 9.46. The highest BCUT2D eigenvalue weighted by Crippen LogP contribution is 2.28. The molecule has 2 aliphatic heterocycles. The number of amides is 3. The molecule has 0 radical (unpaired) electrons. The molecule has 0 spiro atoms. The summed E-state index contributed by atoms with van der Waals surface area (Å²) < 4.78 is 13.1. The zero-order valence-corrected chi connectivity index (χ0v) is 16.2. The fraction of sp³-hybridized carbons (Fsp3) is 0.217. The molecule has 29 heavy (non-hydrogen) atoms. The van der Waals surface area contributed by atoms with Crippen molar-refractivity contribution in [3.63, 3.8) is 0 Å². The molecular weight excluding hydrogens is 369 g/mol. The first-order valence-electron chi connectivity index (χ1n) is 9.46. The van der Waals surface area contributed by atoms with Gasteiger partial charge in [0, 0.05) is 18.3 Å². The molecule has 1 unspecified atom stereocenters. The van der Waals surface area contributed by atoms with E-state index in [1.54, 1.807) is 30.3 Å². The van der Waals surface area contributed by atoms with Gasteiger partial charge in [0.1, 0.15) is 5.82 Å².